The van der Waals surface area contributed by atoms with Crippen molar-refractivity contribution in [3.8, 4) is 0 Å². The van der Waals surface area contributed by atoms with E-state index in [4.69, 9.17) is 5.11 Å². The molecular formula is C19H19N3O7S. The number of nitroso groups, excluding NO2 is 1. The number of carbonyl (C=O) groups excluding carboxylic acids is 1. The van der Waals surface area contributed by atoms with Crippen LogP contribution in [0.4, 0.5) is 5.69 Å². The Kier molecular flexibility index (Phi) is 5.83. The summed E-state index contributed by atoms with van der Waals surface area (Å²) in [4.78, 5) is 47.7. The van der Waals surface area contributed by atoms with Crippen LogP contribution in [0.15, 0.2) is 34.2 Å². The van der Waals surface area contributed by atoms with Gasteiger partial charge in [-0.3, -0.25) is 14.4 Å². The molecule has 3 rings (SSSR count). The van der Waals surface area contributed by atoms with Crippen LogP contribution in [0, 0.1) is 4.91 Å². The van der Waals surface area contributed by atoms with Crippen molar-refractivity contribution in [2.75, 3.05) is 6.54 Å². The Morgan fingerprint density at radius 2 is 1.80 bits per heavy atom. The van der Waals surface area contributed by atoms with Gasteiger partial charge >= 0.3 is 5.97 Å². The van der Waals surface area contributed by atoms with Gasteiger partial charge in [-0.25, -0.2) is 8.42 Å². The van der Waals surface area contributed by atoms with Gasteiger partial charge in [-0.05, 0) is 22.7 Å². The third kappa shape index (κ3) is 4.15. The van der Waals surface area contributed by atoms with Crippen molar-refractivity contribution in [1.29, 1.82) is 0 Å². The molecule has 2 heterocycles. The Balaban J connectivity index is 2.18. The highest BCUT2D eigenvalue weighted by molar-refractivity contribution is 7.90. The molecule has 0 aliphatic carbocycles. The fourth-order valence-electron chi connectivity index (χ4n) is 3.39. The summed E-state index contributed by atoms with van der Waals surface area (Å²) in [6.07, 6.45) is 0.821. The largest absolute Gasteiger partial charge is 0.480 e. The van der Waals surface area contributed by atoms with Crippen molar-refractivity contribution in [1.82, 2.24) is 9.88 Å². The van der Waals surface area contributed by atoms with E-state index in [1.54, 1.807) is 12.1 Å². The van der Waals surface area contributed by atoms with Crippen LogP contribution in [0.5, 0.6) is 0 Å². The molecule has 0 saturated carbocycles. The van der Waals surface area contributed by atoms with Crippen LogP contribution in [0.3, 0.4) is 0 Å². The SMILES string of the molecule is CCc1ccc(Cn2c3c(c(N=O)c(C(=O)NCC(=O)O)c2=O)CS(=O)(=O)C3)cc1. The zero-order valence-corrected chi connectivity index (χ0v) is 16.9. The number of nitrogens with one attached hydrogen (secondary N) is 1. The number of sulfone groups is 1. The third-order valence-corrected chi connectivity index (χ3v) is 6.31. The molecule has 2 aromatic rings. The van der Waals surface area contributed by atoms with Crippen molar-refractivity contribution >= 4 is 27.4 Å². The number of fused-ring (bicyclic) bond motifs is 1. The summed E-state index contributed by atoms with van der Waals surface area (Å²) >= 11 is 0. The van der Waals surface area contributed by atoms with E-state index in [0.29, 0.717) is 5.56 Å². The molecule has 158 valence electrons. The van der Waals surface area contributed by atoms with Gasteiger partial charge in [0.25, 0.3) is 11.5 Å². The topological polar surface area (TPSA) is 152 Å². The van der Waals surface area contributed by atoms with Gasteiger partial charge in [-0.1, -0.05) is 31.2 Å². The van der Waals surface area contributed by atoms with Crippen LogP contribution in [-0.2, 0) is 39.1 Å². The highest BCUT2D eigenvalue weighted by Crippen LogP contribution is 2.34. The summed E-state index contributed by atoms with van der Waals surface area (Å²) < 4.78 is 25.6. The Morgan fingerprint density at radius 1 is 1.17 bits per heavy atom. The van der Waals surface area contributed by atoms with Crippen LogP contribution >= 0.6 is 0 Å². The van der Waals surface area contributed by atoms with Gasteiger partial charge in [0.2, 0.25) is 0 Å². The number of aliphatic carboxylic acids is 1. The van der Waals surface area contributed by atoms with Gasteiger partial charge in [0.1, 0.15) is 17.8 Å². The summed E-state index contributed by atoms with van der Waals surface area (Å²) in [6.45, 7) is 1.20. The fourth-order valence-corrected chi connectivity index (χ4v) is 4.98. The standard InChI is InChI=1S/C19H19N3O7S/c1-2-11-3-5-12(6-4-11)8-22-14-10-30(28,29)9-13(14)17(21-27)16(19(22)26)18(25)20-7-15(23)24/h3-6H,2,7-10H2,1H3,(H,20,25)(H,23,24). The number of hydrogen-bond donors (Lipinski definition) is 2. The molecule has 0 radical (unpaired) electrons. The van der Waals surface area contributed by atoms with Crippen molar-refractivity contribution in [2.45, 2.75) is 31.4 Å². The molecule has 11 heteroatoms. The lowest BCUT2D eigenvalue weighted by molar-refractivity contribution is -0.135. The molecule has 1 aromatic heterocycles. The predicted octanol–water partition coefficient (Wildman–Crippen LogP) is 1.10. The van der Waals surface area contributed by atoms with E-state index in [1.165, 1.54) is 0 Å². The lowest BCUT2D eigenvalue weighted by Gasteiger charge is -2.15. The predicted molar refractivity (Wildman–Crippen MR) is 107 cm³/mol. The van der Waals surface area contributed by atoms with Crippen LogP contribution in [-0.4, -0.2) is 36.5 Å². The normalized spacial score (nSPS) is 14.2. The zero-order chi connectivity index (χ0) is 22.1. The zero-order valence-electron chi connectivity index (χ0n) is 16.0. The van der Waals surface area contributed by atoms with Crippen molar-refractivity contribution < 1.29 is 23.1 Å². The molecule has 30 heavy (non-hydrogen) atoms. The third-order valence-electron chi connectivity index (χ3n) is 4.87. The lowest BCUT2D eigenvalue weighted by atomic mass is 10.1. The minimum Gasteiger partial charge on any atom is -0.480 e. The molecule has 0 fully saturated rings. The minimum absolute atomic E-state index is 0.00440. The second-order valence-electron chi connectivity index (χ2n) is 6.91. The number of carboxylic acid groups (broad SMARTS) is 1. The van der Waals surface area contributed by atoms with Crippen molar-refractivity contribution in [2.24, 2.45) is 5.18 Å². The average molecular weight is 433 g/mol. The van der Waals surface area contributed by atoms with Crippen LogP contribution in [0.1, 0.15) is 39.7 Å². The van der Waals surface area contributed by atoms with Gasteiger partial charge < -0.3 is 15.0 Å². The lowest BCUT2D eigenvalue weighted by Crippen LogP contribution is -2.37. The van der Waals surface area contributed by atoms with Gasteiger partial charge in [0.15, 0.2) is 9.84 Å². The van der Waals surface area contributed by atoms with Gasteiger partial charge in [0.05, 0.1) is 18.1 Å². The number of carboxylic acids is 1. The molecule has 0 atom stereocenters. The molecule has 0 unspecified atom stereocenters. The van der Waals surface area contributed by atoms with E-state index in [9.17, 15) is 27.7 Å². The first-order valence-electron chi connectivity index (χ1n) is 9.07. The van der Waals surface area contributed by atoms with E-state index < -0.39 is 56.6 Å². The van der Waals surface area contributed by atoms with Crippen molar-refractivity contribution in [3.63, 3.8) is 0 Å². The number of aryl methyl sites for hydroxylation is 1. The molecule has 10 nitrogen and oxygen atoms in total. The highest BCUT2D eigenvalue weighted by atomic mass is 32.2. The molecule has 1 aromatic carbocycles. The van der Waals surface area contributed by atoms with Gasteiger partial charge in [-0.15, -0.1) is 4.91 Å². The maximum absolute atomic E-state index is 13.1. The number of nitrogens with zero attached hydrogens (tertiary/aromatic N) is 2. The minimum atomic E-state index is -3.63. The summed E-state index contributed by atoms with van der Waals surface area (Å²) in [5.41, 5.74) is -0.233. The molecule has 2 N–H and O–H groups in total. The Morgan fingerprint density at radius 3 is 2.37 bits per heavy atom. The van der Waals surface area contributed by atoms with Crippen LogP contribution in [0.25, 0.3) is 0 Å². The number of aromatic nitrogens is 1. The first kappa shape index (κ1) is 21.4. The number of amides is 1. The molecule has 0 saturated heterocycles. The Hall–Kier alpha value is -3.34. The summed E-state index contributed by atoms with van der Waals surface area (Å²) in [5, 5.41) is 13.5. The Bertz CT molecular complexity index is 1200. The van der Waals surface area contributed by atoms with E-state index >= 15 is 0 Å². The Labute approximate surface area is 171 Å². The van der Waals surface area contributed by atoms with Gasteiger partial charge in [0, 0.05) is 11.3 Å². The van der Waals surface area contributed by atoms with E-state index in [-0.39, 0.29) is 17.8 Å². The maximum Gasteiger partial charge on any atom is 0.322 e. The maximum atomic E-state index is 13.1. The van der Waals surface area contributed by atoms with Gasteiger partial charge in [-0.2, -0.15) is 0 Å². The quantitative estimate of drug-likeness (QED) is 0.620. The number of rotatable bonds is 7. The monoisotopic (exact) mass is 433 g/mol. The first-order chi connectivity index (χ1) is 14.2. The molecule has 1 aliphatic rings. The molecule has 0 spiro atoms. The fraction of sp³-hybridized carbons (Fsp3) is 0.316. The molecule has 0 bridgehead atoms. The number of hydrogen-bond acceptors (Lipinski definition) is 7. The first-order valence-corrected chi connectivity index (χ1v) is 10.9. The summed E-state index contributed by atoms with van der Waals surface area (Å²) in [6, 6.07) is 7.33. The number of pyridine rings is 1. The number of carbonyl (C=O) groups is 2. The van der Waals surface area contributed by atoms with Crippen LogP contribution < -0.4 is 10.9 Å². The van der Waals surface area contributed by atoms with E-state index in [2.05, 4.69) is 5.18 Å². The summed E-state index contributed by atoms with van der Waals surface area (Å²) in [7, 11) is -3.63. The second-order valence-corrected chi connectivity index (χ2v) is 8.97. The second kappa shape index (κ2) is 8.19. The van der Waals surface area contributed by atoms with Crippen molar-refractivity contribution in [3.05, 3.63) is 67.5 Å². The molecular weight excluding hydrogens is 414 g/mol. The smallest absolute Gasteiger partial charge is 0.322 e. The van der Waals surface area contributed by atoms with E-state index in [1.807, 2.05) is 24.4 Å². The molecule has 1 amide bonds. The summed E-state index contributed by atoms with van der Waals surface area (Å²) in [5.74, 6) is -3.43. The average Bonchev–Trinajstić information content (AvgIpc) is 3.03. The van der Waals surface area contributed by atoms with Crippen LogP contribution in [0.2, 0.25) is 0 Å². The van der Waals surface area contributed by atoms with E-state index in [0.717, 1.165) is 16.6 Å². The highest BCUT2D eigenvalue weighted by Gasteiger charge is 2.35. The number of benzene rings is 1. The molecule has 1 aliphatic heterocycles.